The number of hydrogen-bond acceptors (Lipinski definition) is 8. The van der Waals surface area contributed by atoms with E-state index in [9.17, 15) is 14.7 Å². The maximum Gasteiger partial charge on any atom is 0.295 e. The highest BCUT2D eigenvalue weighted by molar-refractivity contribution is 6.46. The molecular weight excluding hydrogens is 466 g/mol. The third-order valence-corrected chi connectivity index (χ3v) is 5.98. The Labute approximate surface area is 201 Å². The van der Waals surface area contributed by atoms with Crippen LogP contribution in [0.5, 0.6) is 23.0 Å². The molecule has 0 radical (unpaired) electrons. The first kappa shape index (κ1) is 23.7. The molecule has 1 atom stereocenters. The first-order valence-electron chi connectivity index (χ1n) is 10.5. The Morgan fingerprint density at radius 1 is 1.06 bits per heavy atom. The van der Waals surface area contributed by atoms with Gasteiger partial charge in [0.05, 0.1) is 43.0 Å². The molecule has 2 aliphatic rings. The molecule has 0 spiro atoms. The van der Waals surface area contributed by atoms with Gasteiger partial charge in [0.25, 0.3) is 11.7 Å². The molecule has 1 fully saturated rings. The number of likely N-dealkylation sites (tertiary alicyclic amines) is 1. The molecule has 1 saturated heterocycles. The maximum atomic E-state index is 13.2. The van der Waals surface area contributed by atoms with Crippen LogP contribution in [-0.2, 0) is 14.3 Å². The third-order valence-electron chi connectivity index (χ3n) is 5.69. The number of ketones is 1. The van der Waals surface area contributed by atoms with Gasteiger partial charge in [0.2, 0.25) is 0 Å². The van der Waals surface area contributed by atoms with Crippen molar-refractivity contribution in [2.45, 2.75) is 6.04 Å². The molecule has 34 heavy (non-hydrogen) atoms. The van der Waals surface area contributed by atoms with Crippen LogP contribution in [-0.4, -0.2) is 69.4 Å². The lowest BCUT2D eigenvalue weighted by molar-refractivity contribution is -0.140. The van der Waals surface area contributed by atoms with Crippen LogP contribution in [0, 0.1) is 0 Å². The summed E-state index contributed by atoms with van der Waals surface area (Å²) < 4.78 is 27.0. The highest BCUT2D eigenvalue weighted by Gasteiger charge is 2.46. The van der Waals surface area contributed by atoms with Gasteiger partial charge >= 0.3 is 0 Å². The second-order valence-electron chi connectivity index (χ2n) is 7.58. The predicted octanol–water partition coefficient (Wildman–Crippen LogP) is 3.20. The molecule has 1 amide bonds. The van der Waals surface area contributed by atoms with E-state index in [2.05, 4.69) is 0 Å². The fourth-order valence-corrected chi connectivity index (χ4v) is 4.31. The molecule has 4 rings (SSSR count). The van der Waals surface area contributed by atoms with Crippen LogP contribution in [0.4, 0.5) is 0 Å². The summed E-state index contributed by atoms with van der Waals surface area (Å²) >= 11 is 6.28. The van der Waals surface area contributed by atoms with E-state index in [4.69, 9.17) is 35.3 Å². The number of carbonyl (C=O) groups is 2. The number of carbonyl (C=O) groups excluding carboxylic acids is 2. The number of halogens is 1. The number of aliphatic hydroxyl groups excluding tert-OH is 1. The summed E-state index contributed by atoms with van der Waals surface area (Å²) in [6.45, 7) is 1.14. The average molecular weight is 490 g/mol. The molecule has 10 heteroatoms. The quantitative estimate of drug-likeness (QED) is 0.359. The number of Topliss-reactive ketones (excluding diaryl/α,β-unsaturated/α-hetero) is 1. The number of rotatable bonds is 7. The number of aliphatic hydroxyl groups is 1. The molecule has 0 aromatic heterocycles. The smallest absolute Gasteiger partial charge is 0.295 e. The third kappa shape index (κ3) is 4.12. The van der Waals surface area contributed by atoms with Gasteiger partial charge in [-0.05, 0) is 23.8 Å². The number of benzene rings is 2. The second kappa shape index (κ2) is 9.82. The summed E-state index contributed by atoms with van der Waals surface area (Å²) in [5, 5.41) is 11.5. The van der Waals surface area contributed by atoms with Crippen molar-refractivity contribution in [1.29, 1.82) is 0 Å². The molecule has 0 bridgehead atoms. The number of methoxy groups -OCH3 is 3. The van der Waals surface area contributed by atoms with E-state index in [1.807, 2.05) is 0 Å². The van der Waals surface area contributed by atoms with E-state index in [0.717, 1.165) is 0 Å². The summed E-state index contributed by atoms with van der Waals surface area (Å²) in [6.07, 6.45) is 0. The maximum absolute atomic E-state index is 13.2. The molecule has 9 nitrogen and oxygen atoms in total. The van der Waals surface area contributed by atoms with Crippen molar-refractivity contribution in [3.63, 3.8) is 0 Å². The van der Waals surface area contributed by atoms with Crippen molar-refractivity contribution in [3.05, 3.63) is 52.1 Å². The molecule has 2 aromatic rings. The zero-order chi connectivity index (χ0) is 24.4. The summed E-state index contributed by atoms with van der Waals surface area (Å²) in [5.41, 5.74) is 0.623. The Balaban J connectivity index is 1.90. The average Bonchev–Trinajstić information content (AvgIpc) is 3.11. The van der Waals surface area contributed by atoms with Gasteiger partial charge in [0.15, 0.2) is 11.5 Å². The second-order valence-corrected chi connectivity index (χ2v) is 7.98. The number of hydrogen-bond donors (Lipinski definition) is 1. The fourth-order valence-electron chi connectivity index (χ4n) is 4.07. The number of fused-ring (bicyclic) bond motifs is 1. The number of amides is 1. The van der Waals surface area contributed by atoms with E-state index in [1.165, 1.54) is 38.4 Å². The van der Waals surface area contributed by atoms with Crippen molar-refractivity contribution in [1.82, 2.24) is 4.90 Å². The Hall–Kier alpha value is -3.43. The number of ether oxygens (including phenoxy) is 5. The van der Waals surface area contributed by atoms with Gasteiger partial charge in [-0.1, -0.05) is 17.7 Å². The molecule has 2 aliphatic heterocycles. The lowest BCUT2D eigenvalue weighted by Crippen LogP contribution is -2.32. The minimum absolute atomic E-state index is 0.0997. The van der Waals surface area contributed by atoms with Crippen molar-refractivity contribution in [2.24, 2.45) is 0 Å². The largest absolute Gasteiger partial charge is 0.507 e. The molecule has 180 valence electrons. The van der Waals surface area contributed by atoms with Crippen molar-refractivity contribution < 1.29 is 38.4 Å². The minimum Gasteiger partial charge on any atom is -0.507 e. The Bertz CT molecular complexity index is 1160. The van der Waals surface area contributed by atoms with E-state index in [0.29, 0.717) is 36.0 Å². The normalized spacial score (nSPS) is 18.8. The van der Waals surface area contributed by atoms with Crippen molar-refractivity contribution in [2.75, 3.05) is 47.7 Å². The first-order chi connectivity index (χ1) is 16.4. The van der Waals surface area contributed by atoms with Crippen LogP contribution >= 0.6 is 11.6 Å². The zero-order valence-electron chi connectivity index (χ0n) is 18.9. The van der Waals surface area contributed by atoms with Crippen LogP contribution in [0.15, 0.2) is 35.9 Å². The monoisotopic (exact) mass is 489 g/mol. The van der Waals surface area contributed by atoms with E-state index in [-0.39, 0.29) is 35.1 Å². The molecule has 1 N–H and O–H groups in total. The van der Waals surface area contributed by atoms with Gasteiger partial charge in [0.1, 0.15) is 30.5 Å². The van der Waals surface area contributed by atoms with Crippen LogP contribution in [0.3, 0.4) is 0 Å². The molecule has 2 aromatic carbocycles. The molecule has 2 heterocycles. The Kier molecular flexibility index (Phi) is 6.85. The predicted molar refractivity (Wildman–Crippen MR) is 123 cm³/mol. The summed E-state index contributed by atoms with van der Waals surface area (Å²) in [6, 6.07) is 7.18. The van der Waals surface area contributed by atoms with Gasteiger partial charge in [-0.3, -0.25) is 9.59 Å². The van der Waals surface area contributed by atoms with E-state index in [1.54, 1.807) is 18.2 Å². The van der Waals surface area contributed by atoms with E-state index < -0.39 is 23.5 Å². The van der Waals surface area contributed by atoms with Crippen LogP contribution < -0.4 is 18.9 Å². The van der Waals surface area contributed by atoms with Crippen molar-refractivity contribution in [3.8, 4) is 23.0 Å². The first-order valence-corrected chi connectivity index (χ1v) is 10.9. The van der Waals surface area contributed by atoms with Crippen molar-refractivity contribution >= 4 is 29.1 Å². The van der Waals surface area contributed by atoms with Gasteiger partial charge in [-0.15, -0.1) is 0 Å². The van der Waals surface area contributed by atoms with Gasteiger partial charge in [-0.2, -0.15) is 0 Å². The van der Waals surface area contributed by atoms with E-state index >= 15 is 0 Å². The SMILES string of the molecule is COCCN1C(=O)C(=O)/C(=C(/O)c2cc(Cl)c(OC)cc2OC)C1c1ccc2c(c1)OCCO2. The van der Waals surface area contributed by atoms with Crippen LogP contribution in [0.1, 0.15) is 17.2 Å². The summed E-state index contributed by atoms with van der Waals surface area (Å²) in [4.78, 5) is 27.5. The Morgan fingerprint density at radius 2 is 1.76 bits per heavy atom. The minimum atomic E-state index is -0.892. The van der Waals surface area contributed by atoms with Gasteiger partial charge in [-0.25, -0.2) is 0 Å². The lowest BCUT2D eigenvalue weighted by atomic mass is 9.94. The lowest BCUT2D eigenvalue weighted by Gasteiger charge is -2.27. The molecule has 0 aliphatic carbocycles. The summed E-state index contributed by atoms with van der Waals surface area (Å²) in [7, 11) is 4.36. The standard InChI is InChI=1S/C24H24ClNO8/c1-30-7-6-26-21(13-4-5-16-19(10-13)34-9-8-33-16)20(23(28)24(26)29)22(27)14-11-15(25)18(32-3)12-17(14)31-2/h4-5,10-12,21,27H,6-9H2,1-3H3/b22-20+. The molecule has 0 saturated carbocycles. The molecular formula is C24H24ClNO8. The van der Waals surface area contributed by atoms with Crippen LogP contribution in [0.2, 0.25) is 5.02 Å². The summed E-state index contributed by atoms with van der Waals surface area (Å²) in [5.74, 6) is -0.389. The highest BCUT2D eigenvalue weighted by atomic mass is 35.5. The number of nitrogens with zero attached hydrogens (tertiary/aromatic N) is 1. The Morgan fingerprint density at radius 3 is 2.44 bits per heavy atom. The van der Waals surface area contributed by atoms with Gasteiger partial charge < -0.3 is 33.7 Å². The molecule has 1 unspecified atom stereocenters. The topological polar surface area (TPSA) is 104 Å². The fraction of sp³-hybridized carbons (Fsp3) is 0.333. The van der Waals surface area contributed by atoms with Gasteiger partial charge in [0, 0.05) is 19.7 Å². The zero-order valence-corrected chi connectivity index (χ0v) is 19.7. The highest BCUT2D eigenvalue weighted by Crippen LogP contribution is 2.44. The van der Waals surface area contributed by atoms with Crippen LogP contribution in [0.25, 0.3) is 5.76 Å².